The lowest BCUT2D eigenvalue weighted by molar-refractivity contribution is -0.143. The lowest BCUT2D eigenvalue weighted by Gasteiger charge is -2.30. The van der Waals surface area contributed by atoms with Crippen molar-refractivity contribution in [1.29, 1.82) is 0 Å². The molecule has 1 atom stereocenters. The van der Waals surface area contributed by atoms with Crippen LogP contribution in [0.15, 0.2) is 0 Å². The van der Waals surface area contributed by atoms with Crippen LogP contribution in [-0.4, -0.2) is 52.9 Å². The highest BCUT2D eigenvalue weighted by Crippen LogP contribution is 2.03. The maximum absolute atomic E-state index is 10.5. The summed E-state index contributed by atoms with van der Waals surface area (Å²) in [7, 11) is 0. The van der Waals surface area contributed by atoms with E-state index in [0.29, 0.717) is 6.54 Å². The number of rotatable bonds is 1. The lowest BCUT2D eigenvalue weighted by atomic mass is 10.2. The number of aliphatic carboxylic acids is 1. The zero-order valence-corrected chi connectivity index (χ0v) is 6.36. The molecule has 0 aromatic heterocycles. The maximum atomic E-state index is 10.5. The fourth-order valence-corrected chi connectivity index (χ4v) is 1.15. The third-order valence-corrected chi connectivity index (χ3v) is 1.77. The fraction of sp³-hybridized carbons (Fsp3) is 0.667. The number of amides is 1. The van der Waals surface area contributed by atoms with Crippen LogP contribution >= 0.6 is 0 Å². The van der Waals surface area contributed by atoms with Gasteiger partial charge in [-0.05, 0) is 0 Å². The molecule has 1 aliphatic rings. The van der Waals surface area contributed by atoms with Gasteiger partial charge in [0.05, 0.1) is 0 Å². The first kappa shape index (κ1) is 8.79. The zero-order valence-electron chi connectivity index (χ0n) is 6.36. The number of hydrogen-bond donors (Lipinski definition) is 3. The highest BCUT2D eigenvalue weighted by molar-refractivity contribution is 5.79. The molecule has 0 aliphatic carbocycles. The molecule has 0 spiro atoms. The van der Waals surface area contributed by atoms with Gasteiger partial charge in [-0.25, -0.2) is 9.59 Å². The van der Waals surface area contributed by atoms with Crippen molar-refractivity contribution in [2.75, 3.05) is 19.6 Å². The summed E-state index contributed by atoms with van der Waals surface area (Å²) in [4.78, 5) is 22.0. The van der Waals surface area contributed by atoms with Crippen molar-refractivity contribution in [2.45, 2.75) is 6.04 Å². The highest BCUT2D eigenvalue weighted by Gasteiger charge is 2.31. The van der Waals surface area contributed by atoms with Gasteiger partial charge in [0.1, 0.15) is 6.04 Å². The second-order valence-corrected chi connectivity index (χ2v) is 2.53. The third-order valence-electron chi connectivity index (χ3n) is 1.77. The van der Waals surface area contributed by atoms with Crippen molar-refractivity contribution in [3.05, 3.63) is 0 Å². The van der Waals surface area contributed by atoms with Gasteiger partial charge in [0.2, 0.25) is 0 Å². The monoisotopic (exact) mass is 174 g/mol. The predicted molar refractivity (Wildman–Crippen MR) is 39.0 cm³/mol. The van der Waals surface area contributed by atoms with E-state index >= 15 is 0 Å². The molecule has 0 radical (unpaired) electrons. The van der Waals surface area contributed by atoms with E-state index in [-0.39, 0.29) is 13.1 Å². The first-order valence-corrected chi connectivity index (χ1v) is 3.56. The van der Waals surface area contributed by atoms with E-state index in [1.54, 1.807) is 0 Å². The van der Waals surface area contributed by atoms with Crippen LogP contribution in [0.25, 0.3) is 0 Å². The normalized spacial score (nSPS) is 23.7. The Balaban J connectivity index is 2.67. The summed E-state index contributed by atoms with van der Waals surface area (Å²) in [5, 5.41) is 20.0. The number of piperazine rings is 1. The van der Waals surface area contributed by atoms with Gasteiger partial charge in [-0.3, -0.25) is 4.90 Å². The van der Waals surface area contributed by atoms with Gasteiger partial charge < -0.3 is 15.5 Å². The first-order valence-electron chi connectivity index (χ1n) is 3.56. The zero-order chi connectivity index (χ0) is 9.14. The van der Waals surface area contributed by atoms with Gasteiger partial charge in [0.25, 0.3) is 0 Å². The Labute approximate surface area is 68.8 Å². The van der Waals surface area contributed by atoms with E-state index < -0.39 is 18.1 Å². The Morgan fingerprint density at radius 3 is 2.50 bits per heavy atom. The molecule has 68 valence electrons. The number of hydrogen-bond acceptors (Lipinski definition) is 3. The van der Waals surface area contributed by atoms with Gasteiger partial charge in [0, 0.05) is 19.6 Å². The third kappa shape index (κ3) is 1.65. The highest BCUT2D eigenvalue weighted by atomic mass is 16.4. The number of carbonyl (C=O) groups is 2. The Hall–Kier alpha value is -1.30. The number of nitrogens with one attached hydrogen (secondary N) is 1. The average Bonchev–Trinajstić information content (AvgIpc) is 2.04. The number of carboxylic acids is 1. The summed E-state index contributed by atoms with van der Waals surface area (Å²) < 4.78 is 0. The Kier molecular flexibility index (Phi) is 2.49. The molecular formula is C6H10N2O4. The fourth-order valence-electron chi connectivity index (χ4n) is 1.15. The molecule has 0 saturated carbocycles. The molecule has 1 unspecified atom stereocenters. The van der Waals surface area contributed by atoms with Crippen LogP contribution in [0, 0.1) is 0 Å². The second kappa shape index (κ2) is 3.40. The van der Waals surface area contributed by atoms with Crippen molar-refractivity contribution in [2.24, 2.45) is 0 Å². The smallest absolute Gasteiger partial charge is 0.408 e. The number of carboxylic acid groups (broad SMARTS) is 2. The molecule has 1 rings (SSSR count). The minimum atomic E-state index is -1.18. The lowest BCUT2D eigenvalue weighted by Crippen LogP contribution is -2.56. The van der Waals surface area contributed by atoms with Crippen LogP contribution in [0.1, 0.15) is 0 Å². The van der Waals surface area contributed by atoms with Crippen molar-refractivity contribution in [3.63, 3.8) is 0 Å². The largest absolute Gasteiger partial charge is 0.480 e. The Morgan fingerprint density at radius 2 is 2.08 bits per heavy atom. The SMILES string of the molecule is O=C(O)C1CNCCN1C(=O)O. The predicted octanol–water partition coefficient (Wildman–Crippen LogP) is -0.977. The van der Waals surface area contributed by atoms with Crippen molar-refractivity contribution >= 4 is 12.1 Å². The molecule has 1 aliphatic heterocycles. The summed E-state index contributed by atoms with van der Waals surface area (Å²) in [6.07, 6.45) is -1.18. The summed E-state index contributed by atoms with van der Waals surface area (Å²) in [6.45, 7) is 0.921. The van der Waals surface area contributed by atoms with E-state index in [4.69, 9.17) is 10.2 Å². The summed E-state index contributed by atoms with van der Waals surface area (Å²) in [5.74, 6) is -1.11. The first-order chi connectivity index (χ1) is 5.63. The van der Waals surface area contributed by atoms with Crippen LogP contribution in [0.2, 0.25) is 0 Å². The molecule has 6 nitrogen and oxygen atoms in total. The van der Waals surface area contributed by atoms with E-state index in [9.17, 15) is 9.59 Å². The van der Waals surface area contributed by atoms with Crippen LogP contribution in [0.3, 0.4) is 0 Å². The van der Waals surface area contributed by atoms with Crippen molar-refractivity contribution < 1.29 is 19.8 Å². The molecule has 3 N–H and O–H groups in total. The molecule has 12 heavy (non-hydrogen) atoms. The Bertz CT molecular complexity index is 184. The van der Waals surface area contributed by atoms with E-state index in [2.05, 4.69) is 5.32 Å². The molecule has 0 bridgehead atoms. The molecular weight excluding hydrogens is 164 g/mol. The summed E-state index contributed by atoms with van der Waals surface area (Å²) >= 11 is 0. The van der Waals surface area contributed by atoms with Crippen LogP contribution in [-0.2, 0) is 4.79 Å². The minimum absolute atomic E-state index is 0.182. The number of nitrogens with zero attached hydrogens (tertiary/aromatic N) is 1. The topological polar surface area (TPSA) is 89.9 Å². The van der Waals surface area contributed by atoms with E-state index in [0.717, 1.165) is 4.90 Å². The molecule has 1 amide bonds. The summed E-state index contributed by atoms with van der Waals surface area (Å²) in [6, 6.07) is -0.948. The molecule has 0 aromatic rings. The van der Waals surface area contributed by atoms with Crippen LogP contribution in [0.5, 0.6) is 0 Å². The summed E-state index contributed by atoms with van der Waals surface area (Å²) in [5.41, 5.74) is 0. The second-order valence-electron chi connectivity index (χ2n) is 2.53. The molecule has 6 heteroatoms. The van der Waals surface area contributed by atoms with Gasteiger partial charge in [-0.15, -0.1) is 0 Å². The van der Waals surface area contributed by atoms with Gasteiger partial charge in [-0.1, -0.05) is 0 Å². The molecule has 1 heterocycles. The van der Waals surface area contributed by atoms with Gasteiger partial charge in [0.15, 0.2) is 0 Å². The quantitative estimate of drug-likeness (QED) is 0.475. The van der Waals surface area contributed by atoms with Crippen LogP contribution < -0.4 is 5.32 Å². The minimum Gasteiger partial charge on any atom is -0.480 e. The molecule has 0 aromatic carbocycles. The molecule has 1 saturated heterocycles. The maximum Gasteiger partial charge on any atom is 0.408 e. The van der Waals surface area contributed by atoms with Gasteiger partial charge >= 0.3 is 12.1 Å². The average molecular weight is 174 g/mol. The van der Waals surface area contributed by atoms with E-state index in [1.165, 1.54) is 0 Å². The van der Waals surface area contributed by atoms with Crippen molar-refractivity contribution in [3.8, 4) is 0 Å². The van der Waals surface area contributed by atoms with Gasteiger partial charge in [-0.2, -0.15) is 0 Å². The van der Waals surface area contributed by atoms with Crippen LogP contribution in [0.4, 0.5) is 4.79 Å². The molecule has 1 fully saturated rings. The van der Waals surface area contributed by atoms with Crippen molar-refractivity contribution in [1.82, 2.24) is 10.2 Å². The van der Waals surface area contributed by atoms with E-state index in [1.807, 2.05) is 0 Å². The Morgan fingerprint density at radius 1 is 1.42 bits per heavy atom. The standard InChI is InChI=1S/C6H10N2O4/c9-5(10)4-3-7-1-2-8(4)6(11)12/h4,7H,1-3H2,(H,9,10)(H,11,12).